The lowest BCUT2D eigenvalue weighted by Gasteiger charge is -2.19. The summed E-state index contributed by atoms with van der Waals surface area (Å²) in [6, 6.07) is 12.6. The van der Waals surface area contributed by atoms with Crippen molar-refractivity contribution in [1.82, 2.24) is 0 Å². The Kier molecular flexibility index (Phi) is 4.77. The van der Waals surface area contributed by atoms with Crippen molar-refractivity contribution in [2.75, 3.05) is 10.0 Å². The van der Waals surface area contributed by atoms with E-state index >= 15 is 0 Å². The number of rotatable bonds is 5. The standard InChI is InChI=1S/C23H24N2O4S/c26-23-22(25-30(27,28)18-13-12-15-6-5-7-16(15)14-18)21(24-17-8-1-2-9-17)19-10-3-4-11-20(19)29-23/h3-4,10-14,17,24-25H,1-2,5-9H2. The van der Waals surface area contributed by atoms with Gasteiger partial charge in [0.1, 0.15) is 5.58 Å². The van der Waals surface area contributed by atoms with Crippen LogP contribution in [0, 0.1) is 0 Å². The average Bonchev–Trinajstić information content (AvgIpc) is 3.41. The van der Waals surface area contributed by atoms with E-state index in [9.17, 15) is 13.2 Å². The van der Waals surface area contributed by atoms with Gasteiger partial charge in [0, 0.05) is 11.4 Å². The molecule has 6 nitrogen and oxygen atoms in total. The average molecular weight is 425 g/mol. The van der Waals surface area contributed by atoms with Crippen molar-refractivity contribution in [3.05, 3.63) is 64.0 Å². The third-order valence-corrected chi connectivity index (χ3v) is 7.48. The molecule has 1 saturated carbocycles. The summed E-state index contributed by atoms with van der Waals surface area (Å²) in [6.07, 6.45) is 7.12. The fraction of sp³-hybridized carbons (Fsp3) is 0.348. The molecule has 30 heavy (non-hydrogen) atoms. The molecule has 2 aromatic carbocycles. The summed E-state index contributed by atoms with van der Waals surface area (Å²) in [5.74, 6) is 0. The van der Waals surface area contributed by atoms with E-state index < -0.39 is 15.6 Å². The first-order valence-corrected chi connectivity index (χ1v) is 12.0. The van der Waals surface area contributed by atoms with Crippen LogP contribution in [-0.4, -0.2) is 14.5 Å². The summed E-state index contributed by atoms with van der Waals surface area (Å²) >= 11 is 0. The Morgan fingerprint density at radius 1 is 0.900 bits per heavy atom. The van der Waals surface area contributed by atoms with Crippen LogP contribution in [0.15, 0.2) is 56.6 Å². The van der Waals surface area contributed by atoms with Gasteiger partial charge in [-0.15, -0.1) is 0 Å². The molecule has 2 aliphatic rings. The SMILES string of the molecule is O=c1oc2ccccc2c(NC2CCCC2)c1NS(=O)(=O)c1ccc2c(c1)CCC2. The molecule has 0 radical (unpaired) electrons. The molecular weight excluding hydrogens is 400 g/mol. The third-order valence-electron chi connectivity index (χ3n) is 6.13. The maximum atomic E-state index is 13.2. The molecule has 7 heteroatoms. The van der Waals surface area contributed by atoms with Crippen LogP contribution in [-0.2, 0) is 22.9 Å². The number of nitrogens with one attached hydrogen (secondary N) is 2. The lowest BCUT2D eigenvalue weighted by Crippen LogP contribution is -2.23. The van der Waals surface area contributed by atoms with Gasteiger partial charge in [0.25, 0.3) is 10.0 Å². The summed E-state index contributed by atoms with van der Waals surface area (Å²) in [6.45, 7) is 0. The molecule has 1 heterocycles. The van der Waals surface area contributed by atoms with Gasteiger partial charge in [-0.05, 0) is 67.5 Å². The predicted octanol–water partition coefficient (Wildman–Crippen LogP) is 4.44. The number of para-hydroxylation sites is 1. The van der Waals surface area contributed by atoms with Gasteiger partial charge < -0.3 is 9.73 Å². The monoisotopic (exact) mass is 424 g/mol. The molecule has 2 aliphatic carbocycles. The predicted molar refractivity (Wildman–Crippen MR) is 118 cm³/mol. The Labute approximate surface area is 175 Å². The lowest BCUT2D eigenvalue weighted by atomic mass is 10.1. The summed E-state index contributed by atoms with van der Waals surface area (Å²) in [4.78, 5) is 13.0. The molecular formula is C23H24N2O4S. The van der Waals surface area contributed by atoms with E-state index in [0.717, 1.165) is 50.5 Å². The zero-order chi connectivity index (χ0) is 20.7. The summed E-state index contributed by atoms with van der Waals surface area (Å²) in [5.41, 5.74) is 2.44. The number of aryl methyl sites for hydroxylation is 2. The zero-order valence-electron chi connectivity index (χ0n) is 16.6. The van der Waals surface area contributed by atoms with E-state index in [2.05, 4.69) is 10.0 Å². The van der Waals surface area contributed by atoms with Gasteiger partial charge in [0.15, 0.2) is 5.69 Å². The molecule has 0 aliphatic heterocycles. The Hall–Kier alpha value is -2.80. The van der Waals surface area contributed by atoms with E-state index in [1.165, 1.54) is 5.56 Å². The van der Waals surface area contributed by atoms with Crippen LogP contribution < -0.4 is 15.7 Å². The van der Waals surface area contributed by atoms with E-state index in [4.69, 9.17) is 4.42 Å². The molecule has 3 aromatic rings. The first-order chi connectivity index (χ1) is 14.5. The molecule has 0 atom stereocenters. The Bertz CT molecular complexity index is 1270. The minimum atomic E-state index is -3.93. The van der Waals surface area contributed by atoms with Crippen molar-refractivity contribution >= 4 is 32.4 Å². The maximum absolute atomic E-state index is 13.2. The normalized spacial score (nSPS) is 16.7. The van der Waals surface area contributed by atoms with Crippen LogP contribution in [0.2, 0.25) is 0 Å². The second kappa shape index (κ2) is 7.47. The van der Waals surface area contributed by atoms with Gasteiger partial charge in [-0.2, -0.15) is 0 Å². The van der Waals surface area contributed by atoms with Crippen molar-refractivity contribution in [3.8, 4) is 0 Å². The van der Waals surface area contributed by atoms with Gasteiger partial charge in [0.05, 0.1) is 10.6 Å². The molecule has 0 unspecified atom stereocenters. The fourth-order valence-corrected chi connectivity index (χ4v) is 5.69. The smallest absolute Gasteiger partial charge is 0.363 e. The minimum absolute atomic E-state index is 0.0545. The molecule has 1 aromatic heterocycles. The Morgan fingerprint density at radius 3 is 2.50 bits per heavy atom. The molecule has 0 saturated heterocycles. The van der Waals surface area contributed by atoms with E-state index in [-0.39, 0.29) is 16.6 Å². The van der Waals surface area contributed by atoms with Crippen LogP contribution in [0.1, 0.15) is 43.2 Å². The van der Waals surface area contributed by atoms with Crippen LogP contribution in [0.3, 0.4) is 0 Å². The lowest BCUT2D eigenvalue weighted by molar-refractivity contribution is 0.562. The highest BCUT2D eigenvalue weighted by Crippen LogP contribution is 2.33. The number of hydrogen-bond donors (Lipinski definition) is 2. The number of benzene rings is 2. The third kappa shape index (κ3) is 3.47. The molecule has 0 spiro atoms. The van der Waals surface area contributed by atoms with Crippen molar-refractivity contribution in [2.24, 2.45) is 0 Å². The van der Waals surface area contributed by atoms with Crippen LogP contribution in [0.5, 0.6) is 0 Å². The van der Waals surface area contributed by atoms with Crippen LogP contribution in [0.4, 0.5) is 11.4 Å². The van der Waals surface area contributed by atoms with Gasteiger partial charge in [0.2, 0.25) is 0 Å². The first-order valence-electron chi connectivity index (χ1n) is 10.5. The number of anilines is 2. The van der Waals surface area contributed by atoms with E-state index in [1.54, 1.807) is 24.3 Å². The molecule has 156 valence electrons. The van der Waals surface area contributed by atoms with E-state index in [0.29, 0.717) is 16.7 Å². The highest BCUT2D eigenvalue weighted by Gasteiger charge is 2.25. The Morgan fingerprint density at radius 2 is 1.67 bits per heavy atom. The van der Waals surface area contributed by atoms with Crippen molar-refractivity contribution in [3.63, 3.8) is 0 Å². The molecule has 2 N–H and O–H groups in total. The number of hydrogen-bond acceptors (Lipinski definition) is 5. The number of sulfonamides is 1. The summed E-state index contributed by atoms with van der Waals surface area (Å²) < 4.78 is 34.3. The Balaban J connectivity index is 1.59. The zero-order valence-corrected chi connectivity index (χ0v) is 17.4. The highest BCUT2D eigenvalue weighted by atomic mass is 32.2. The largest absolute Gasteiger partial charge is 0.421 e. The minimum Gasteiger partial charge on any atom is -0.421 e. The van der Waals surface area contributed by atoms with Crippen molar-refractivity contribution < 1.29 is 12.8 Å². The van der Waals surface area contributed by atoms with E-state index in [1.807, 2.05) is 18.2 Å². The summed E-state index contributed by atoms with van der Waals surface area (Å²) in [7, 11) is -3.93. The van der Waals surface area contributed by atoms with Crippen LogP contribution in [0.25, 0.3) is 11.0 Å². The molecule has 1 fully saturated rings. The van der Waals surface area contributed by atoms with Gasteiger partial charge in [-0.1, -0.05) is 31.0 Å². The molecule has 0 amide bonds. The molecule has 5 rings (SSSR count). The highest BCUT2D eigenvalue weighted by molar-refractivity contribution is 7.92. The second-order valence-electron chi connectivity index (χ2n) is 8.15. The first kappa shape index (κ1) is 19.2. The molecule has 0 bridgehead atoms. The van der Waals surface area contributed by atoms with Crippen molar-refractivity contribution in [1.29, 1.82) is 0 Å². The quantitative estimate of drug-likeness (QED) is 0.591. The van der Waals surface area contributed by atoms with Gasteiger partial charge >= 0.3 is 5.63 Å². The maximum Gasteiger partial charge on any atom is 0.363 e. The van der Waals surface area contributed by atoms with Crippen molar-refractivity contribution in [2.45, 2.75) is 55.9 Å². The van der Waals surface area contributed by atoms with Crippen LogP contribution >= 0.6 is 0 Å². The fourth-order valence-electron chi connectivity index (χ4n) is 4.58. The van der Waals surface area contributed by atoms with Gasteiger partial charge in [-0.25, -0.2) is 13.2 Å². The second-order valence-corrected chi connectivity index (χ2v) is 9.83. The topological polar surface area (TPSA) is 88.4 Å². The van der Waals surface area contributed by atoms with Gasteiger partial charge in [-0.3, -0.25) is 4.72 Å². The number of fused-ring (bicyclic) bond motifs is 2. The summed E-state index contributed by atoms with van der Waals surface area (Å²) in [5, 5.41) is 4.11.